The Labute approximate surface area is 99.0 Å². The number of carbonyl (C=O) groups excluding carboxylic acids is 1. The van der Waals surface area contributed by atoms with Gasteiger partial charge in [0.1, 0.15) is 0 Å². The number of hydrogen-bond acceptors (Lipinski definition) is 3. The smallest absolute Gasteiger partial charge is 0.236 e. The van der Waals surface area contributed by atoms with Crippen molar-refractivity contribution in [1.82, 2.24) is 15.1 Å². The molecular weight excluding hydrogens is 202 g/mol. The Morgan fingerprint density at radius 1 is 1.25 bits per heavy atom. The number of carbonyl (C=O) groups is 1. The van der Waals surface area contributed by atoms with Gasteiger partial charge in [0.2, 0.25) is 5.91 Å². The molecular formula is C12H25N3O. The van der Waals surface area contributed by atoms with Crippen LogP contribution in [-0.4, -0.2) is 61.0 Å². The second-order valence-electron chi connectivity index (χ2n) is 4.28. The topological polar surface area (TPSA) is 35.6 Å². The Morgan fingerprint density at radius 3 is 2.38 bits per heavy atom. The van der Waals surface area contributed by atoms with Crippen LogP contribution in [0.4, 0.5) is 0 Å². The molecule has 1 unspecified atom stereocenters. The van der Waals surface area contributed by atoms with Gasteiger partial charge in [-0.3, -0.25) is 9.69 Å². The number of likely N-dealkylation sites (N-methyl/N-ethyl adjacent to an activating group) is 2. The van der Waals surface area contributed by atoms with E-state index in [-0.39, 0.29) is 5.91 Å². The Kier molecular flexibility index (Phi) is 5.77. The second-order valence-corrected chi connectivity index (χ2v) is 4.28. The standard InChI is InChI=1S/C12H25N3O/c1-4-14(5-2)12(16)10-15(6-3)11-7-8-13-9-11/h11,13H,4-10H2,1-3H3. The molecule has 0 aromatic rings. The van der Waals surface area contributed by atoms with Crippen molar-refractivity contribution in [3.8, 4) is 0 Å². The molecule has 0 radical (unpaired) electrons. The zero-order chi connectivity index (χ0) is 12.0. The molecule has 1 N–H and O–H groups in total. The summed E-state index contributed by atoms with van der Waals surface area (Å²) in [5, 5.41) is 3.35. The lowest BCUT2D eigenvalue weighted by molar-refractivity contribution is -0.132. The minimum atomic E-state index is 0.263. The van der Waals surface area contributed by atoms with E-state index in [2.05, 4.69) is 17.1 Å². The summed E-state index contributed by atoms with van der Waals surface area (Å²) >= 11 is 0. The average Bonchev–Trinajstić information content (AvgIpc) is 2.81. The lowest BCUT2D eigenvalue weighted by atomic mass is 10.2. The number of rotatable bonds is 6. The van der Waals surface area contributed by atoms with Crippen molar-refractivity contribution >= 4 is 5.91 Å². The Hall–Kier alpha value is -0.610. The summed E-state index contributed by atoms with van der Waals surface area (Å²) < 4.78 is 0. The quantitative estimate of drug-likeness (QED) is 0.719. The van der Waals surface area contributed by atoms with Crippen LogP contribution in [0.2, 0.25) is 0 Å². The van der Waals surface area contributed by atoms with Crippen LogP contribution in [-0.2, 0) is 4.79 Å². The molecule has 0 saturated carbocycles. The third kappa shape index (κ3) is 3.46. The average molecular weight is 227 g/mol. The van der Waals surface area contributed by atoms with E-state index in [9.17, 15) is 4.79 Å². The zero-order valence-corrected chi connectivity index (χ0v) is 10.8. The maximum absolute atomic E-state index is 12.0. The van der Waals surface area contributed by atoms with Crippen molar-refractivity contribution in [1.29, 1.82) is 0 Å². The van der Waals surface area contributed by atoms with Crippen molar-refractivity contribution in [3.05, 3.63) is 0 Å². The molecule has 1 fully saturated rings. The maximum Gasteiger partial charge on any atom is 0.236 e. The molecule has 0 spiro atoms. The summed E-state index contributed by atoms with van der Waals surface area (Å²) in [5.41, 5.74) is 0. The third-order valence-corrected chi connectivity index (χ3v) is 3.41. The van der Waals surface area contributed by atoms with Crippen LogP contribution >= 0.6 is 0 Å². The van der Waals surface area contributed by atoms with Crippen LogP contribution in [0.3, 0.4) is 0 Å². The SMILES string of the molecule is CCN(CC)C(=O)CN(CC)C1CCNC1. The Bertz CT molecular complexity index is 210. The fraction of sp³-hybridized carbons (Fsp3) is 0.917. The largest absolute Gasteiger partial charge is 0.342 e. The first-order chi connectivity index (χ1) is 7.72. The lowest BCUT2D eigenvalue weighted by Gasteiger charge is -2.29. The van der Waals surface area contributed by atoms with Gasteiger partial charge in [-0.05, 0) is 33.4 Å². The van der Waals surface area contributed by atoms with Gasteiger partial charge in [-0.25, -0.2) is 0 Å². The first kappa shape index (κ1) is 13.5. The minimum Gasteiger partial charge on any atom is -0.342 e. The van der Waals surface area contributed by atoms with Crippen LogP contribution in [0.15, 0.2) is 0 Å². The highest BCUT2D eigenvalue weighted by molar-refractivity contribution is 5.78. The van der Waals surface area contributed by atoms with Gasteiger partial charge in [0.05, 0.1) is 6.54 Å². The number of nitrogens with zero attached hydrogens (tertiary/aromatic N) is 2. The van der Waals surface area contributed by atoms with E-state index in [0.717, 1.165) is 32.7 Å². The van der Waals surface area contributed by atoms with Crippen LogP contribution < -0.4 is 5.32 Å². The van der Waals surface area contributed by atoms with E-state index >= 15 is 0 Å². The van der Waals surface area contributed by atoms with Gasteiger partial charge < -0.3 is 10.2 Å². The van der Waals surface area contributed by atoms with Crippen molar-refractivity contribution in [3.63, 3.8) is 0 Å². The van der Waals surface area contributed by atoms with E-state index in [1.807, 2.05) is 18.7 Å². The maximum atomic E-state index is 12.0. The van der Waals surface area contributed by atoms with Crippen LogP contribution in [0, 0.1) is 0 Å². The second kappa shape index (κ2) is 6.86. The molecule has 0 aliphatic carbocycles. The molecule has 16 heavy (non-hydrogen) atoms. The normalized spacial score (nSPS) is 20.4. The molecule has 4 nitrogen and oxygen atoms in total. The summed E-state index contributed by atoms with van der Waals surface area (Å²) in [6, 6.07) is 0.546. The molecule has 1 aliphatic heterocycles. The fourth-order valence-corrected chi connectivity index (χ4v) is 2.30. The van der Waals surface area contributed by atoms with Gasteiger partial charge in [0.25, 0.3) is 0 Å². The van der Waals surface area contributed by atoms with E-state index in [1.165, 1.54) is 6.42 Å². The minimum absolute atomic E-state index is 0.263. The molecule has 1 heterocycles. The van der Waals surface area contributed by atoms with Crippen LogP contribution in [0.5, 0.6) is 0 Å². The fourth-order valence-electron chi connectivity index (χ4n) is 2.30. The molecule has 0 aromatic heterocycles. The van der Waals surface area contributed by atoms with Crippen molar-refractivity contribution in [2.45, 2.75) is 33.2 Å². The predicted octanol–water partition coefficient (Wildman–Crippen LogP) is 0.539. The molecule has 0 aromatic carbocycles. The molecule has 94 valence electrons. The molecule has 1 atom stereocenters. The number of hydrogen-bond donors (Lipinski definition) is 1. The van der Waals surface area contributed by atoms with Gasteiger partial charge in [-0.15, -0.1) is 0 Å². The highest BCUT2D eigenvalue weighted by Crippen LogP contribution is 2.08. The van der Waals surface area contributed by atoms with E-state index in [1.54, 1.807) is 0 Å². The predicted molar refractivity (Wildman–Crippen MR) is 66.4 cm³/mol. The van der Waals surface area contributed by atoms with Gasteiger partial charge >= 0.3 is 0 Å². The van der Waals surface area contributed by atoms with E-state index in [0.29, 0.717) is 12.6 Å². The zero-order valence-electron chi connectivity index (χ0n) is 10.8. The van der Waals surface area contributed by atoms with Crippen molar-refractivity contribution in [2.24, 2.45) is 0 Å². The van der Waals surface area contributed by atoms with Gasteiger partial charge in [-0.2, -0.15) is 0 Å². The van der Waals surface area contributed by atoms with Gasteiger partial charge in [0, 0.05) is 25.7 Å². The highest BCUT2D eigenvalue weighted by atomic mass is 16.2. The molecule has 1 amide bonds. The first-order valence-corrected chi connectivity index (χ1v) is 6.45. The Morgan fingerprint density at radius 2 is 1.94 bits per heavy atom. The van der Waals surface area contributed by atoms with Crippen LogP contribution in [0.25, 0.3) is 0 Å². The number of nitrogens with one attached hydrogen (secondary N) is 1. The number of amides is 1. The van der Waals surface area contributed by atoms with E-state index < -0.39 is 0 Å². The lowest BCUT2D eigenvalue weighted by Crippen LogP contribution is -2.45. The third-order valence-electron chi connectivity index (χ3n) is 3.41. The van der Waals surface area contributed by atoms with Gasteiger partial charge in [0.15, 0.2) is 0 Å². The summed E-state index contributed by atoms with van der Waals surface area (Å²) in [6.45, 7) is 11.5. The van der Waals surface area contributed by atoms with Crippen LogP contribution in [0.1, 0.15) is 27.2 Å². The molecule has 0 bridgehead atoms. The molecule has 1 saturated heterocycles. The van der Waals surface area contributed by atoms with Crippen molar-refractivity contribution < 1.29 is 4.79 Å². The first-order valence-electron chi connectivity index (χ1n) is 6.45. The molecule has 4 heteroatoms. The molecule has 1 rings (SSSR count). The highest BCUT2D eigenvalue weighted by Gasteiger charge is 2.23. The monoisotopic (exact) mass is 227 g/mol. The summed E-state index contributed by atoms with van der Waals surface area (Å²) in [5.74, 6) is 0.263. The van der Waals surface area contributed by atoms with Crippen molar-refractivity contribution in [2.75, 3.05) is 39.3 Å². The molecule has 1 aliphatic rings. The van der Waals surface area contributed by atoms with E-state index in [4.69, 9.17) is 0 Å². The Balaban J connectivity index is 2.45. The summed E-state index contributed by atoms with van der Waals surface area (Å²) in [6.07, 6.45) is 1.17. The summed E-state index contributed by atoms with van der Waals surface area (Å²) in [4.78, 5) is 16.2. The van der Waals surface area contributed by atoms with Gasteiger partial charge in [-0.1, -0.05) is 6.92 Å². The summed E-state index contributed by atoms with van der Waals surface area (Å²) in [7, 11) is 0.